The zero-order chi connectivity index (χ0) is 17.4. The summed E-state index contributed by atoms with van der Waals surface area (Å²) in [5.74, 6) is 0.371. The molecule has 1 N–H and O–H groups in total. The molecule has 0 atom stereocenters. The minimum atomic E-state index is -2.86. The topological polar surface area (TPSA) is 59.9 Å². The highest BCUT2D eigenvalue weighted by molar-refractivity contribution is 5.95. The molecule has 2 aromatic rings. The number of nitrogens with one attached hydrogen (secondary N) is 1. The van der Waals surface area contributed by atoms with E-state index in [0.717, 1.165) is 0 Å². The van der Waals surface area contributed by atoms with Crippen LogP contribution >= 0.6 is 0 Å². The van der Waals surface area contributed by atoms with Crippen LogP contribution in [0.15, 0.2) is 53.6 Å². The number of carbonyl (C=O) groups excluding carboxylic acids is 1. The predicted molar refractivity (Wildman–Crippen MR) is 85.7 cm³/mol. The molecular formula is C17H16F2N2O3. The second-order valence-corrected chi connectivity index (χ2v) is 4.60. The molecule has 24 heavy (non-hydrogen) atoms. The Morgan fingerprint density at radius 3 is 2.33 bits per heavy atom. The van der Waals surface area contributed by atoms with Gasteiger partial charge in [0.15, 0.2) is 0 Å². The molecular weight excluding hydrogens is 318 g/mol. The molecule has 0 aromatic heterocycles. The van der Waals surface area contributed by atoms with Gasteiger partial charge in [-0.25, -0.2) is 5.43 Å². The molecule has 126 valence electrons. The number of hydrogen-bond donors (Lipinski definition) is 1. The molecule has 2 rings (SSSR count). The summed E-state index contributed by atoms with van der Waals surface area (Å²) in [4.78, 5) is 11.9. The van der Waals surface area contributed by atoms with Crippen molar-refractivity contribution < 1.29 is 23.0 Å². The van der Waals surface area contributed by atoms with Gasteiger partial charge in [0.2, 0.25) is 0 Å². The zero-order valence-corrected chi connectivity index (χ0v) is 12.9. The molecule has 0 saturated heterocycles. The summed E-state index contributed by atoms with van der Waals surface area (Å²) < 4.78 is 33.6. The third-order valence-electron chi connectivity index (χ3n) is 2.91. The van der Waals surface area contributed by atoms with Crippen molar-refractivity contribution in [2.75, 3.05) is 6.61 Å². The van der Waals surface area contributed by atoms with Crippen molar-refractivity contribution in [3.05, 3.63) is 59.7 Å². The molecule has 0 aliphatic carbocycles. The number of hydrogen-bond acceptors (Lipinski definition) is 4. The Hall–Kier alpha value is -2.96. The standard InChI is InChI=1S/C17H16F2N2O3/c1-2-23-14-9-5-13(6-10-14)16(22)21-20-11-12-3-7-15(8-4-12)24-17(18)19/h3-11,17H,2H2,1H3,(H,21,22)/b20-11-. The van der Waals surface area contributed by atoms with Crippen LogP contribution in [0.5, 0.6) is 11.5 Å². The van der Waals surface area contributed by atoms with Gasteiger partial charge in [0.25, 0.3) is 5.91 Å². The Morgan fingerprint density at radius 2 is 1.75 bits per heavy atom. The highest BCUT2D eigenvalue weighted by atomic mass is 19.3. The summed E-state index contributed by atoms with van der Waals surface area (Å²) in [6.07, 6.45) is 1.40. The van der Waals surface area contributed by atoms with Crippen LogP contribution in [-0.4, -0.2) is 25.3 Å². The van der Waals surface area contributed by atoms with Crippen LogP contribution in [0, 0.1) is 0 Å². The van der Waals surface area contributed by atoms with E-state index in [-0.39, 0.29) is 11.7 Å². The van der Waals surface area contributed by atoms with Crippen LogP contribution in [0.1, 0.15) is 22.8 Å². The molecule has 2 aromatic carbocycles. The highest BCUT2D eigenvalue weighted by Gasteiger charge is 2.05. The monoisotopic (exact) mass is 334 g/mol. The maximum atomic E-state index is 12.0. The van der Waals surface area contributed by atoms with Gasteiger partial charge in [0.05, 0.1) is 12.8 Å². The number of ether oxygens (including phenoxy) is 2. The van der Waals surface area contributed by atoms with Crippen molar-refractivity contribution in [1.82, 2.24) is 5.43 Å². The average molecular weight is 334 g/mol. The van der Waals surface area contributed by atoms with E-state index in [9.17, 15) is 13.6 Å². The molecule has 0 heterocycles. The summed E-state index contributed by atoms with van der Waals surface area (Å²) in [5, 5.41) is 3.82. The van der Waals surface area contributed by atoms with E-state index in [1.165, 1.54) is 18.3 Å². The van der Waals surface area contributed by atoms with E-state index in [4.69, 9.17) is 4.74 Å². The van der Waals surface area contributed by atoms with Crippen molar-refractivity contribution in [2.24, 2.45) is 5.10 Å². The van der Waals surface area contributed by atoms with E-state index in [1.54, 1.807) is 36.4 Å². The first kappa shape index (κ1) is 17.4. The summed E-state index contributed by atoms with van der Waals surface area (Å²) in [5.41, 5.74) is 3.45. The lowest BCUT2D eigenvalue weighted by atomic mass is 10.2. The van der Waals surface area contributed by atoms with E-state index < -0.39 is 6.61 Å². The zero-order valence-electron chi connectivity index (χ0n) is 12.9. The van der Waals surface area contributed by atoms with Gasteiger partial charge in [-0.15, -0.1) is 0 Å². The maximum Gasteiger partial charge on any atom is 0.387 e. The maximum absolute atomic E-state index is 12.0. The second kappa shape index (κ2) is 8.61. The largest absolute Gasteiger partial charge is 0.494 e. The molecule has 5 nitrogen and oxygen atoms in total. The normalized spacial score (nSPS) is 10.8. The number of nitrogens with zero attached hydrogens (tertiary/aromatic N) is 1. The summed E-state index contributed by atoms with van der Waals surface area (Å²) in [6, 6.07) is 12.5. The molecule has 0 saturated carbocycles. The Labute approximate surface area is 137 Å². The Morgan fingerprint density at radius 1 is 1.12 bits per heavy atom. The quantitative estimate of drug-likeness (QED) is 0.623. The lowest BCUT2D eigenvalue weighted by molar-refractivity contribution is -0.0498. The van der Waals surface area contributed by atoms with Crippen LogP contribution in [0.4, 0.5) is 8.78 Å². The van der Waals surface area contributed by atoms with E-state index >= 15 is 0 Å². The van der Waals surface area contributed by atoms with Gasteiger partial charge in [-0.1, -0.05) is 0 Å². The van der Waals surface area contributed by atoms with Gasteiger partial charge < -0.3 is 9.47 Å². The van der Waals surface area contributed by atoms with Crippen LogP contribution in [0.25, 0.3) is 0 Å². The van der Waals surface area contributed by atoms with Crippen LogP contribution < -0.4 is 14.9 Å². The number of amides is 1. The van der Waals surface area contributed by atoms with Crippen molar-refractivity contribution in [1.29, 1.82) is 0 Å². The lowest BCUT2D eigenvalue weighted by Gasteiger charge is -2.04. The first-order valence-electron chi connectivity index (χ1n) is 7.19. The van der Waals surface area contributed by atoms with Gasteiger partial charge in [0, 0.05) is 5.56 Å². The summed E-state index contributed by atoms with van der Waals surface area (Å²) >= 11 is 0. The smallest absolute Gasteiger partial charge is 0.387 e. The van der Waals surface area contributed by atoms with Crippen molar-refractivity contribution >= 4 is 12.1 Å². The minimum absolute atomic E-state index is 0.0561. The number of rotatable bonds is 7. The van der Waals surface area contributed by atoms with Crippen LogP contribution in [-0.2, 0) is 0 Å². The molecule has 0 aliphatic heterocycles. The Bertz CT molecular complexity index is 686. The number of carbonyl (C=O) groups is 1. The van der Waals surface area contributed by atoms with Gasteiger partial charge in [0.1, 0.15) is 11.5 Å². The molecule has 0 unspecified atom stereocenters. The minimum Gasteiger partial charge on any atom is -0.494 e. The molecule has 0 spiro atoms. The van der Waals surface area contributed by atoms with Crippen LogP contribution in [0.3, 0.4) is 0 Å². The Kier molecular flexibility index (Phi) is 6.24. The van der Waals surface area contributed by atoms with E-state index in [1.807, 2.05) is 6.92 Å². The molecule has 1 amide bonds. The van der Waals surface area contributed by atoms with Gasteiger partial charge in [-0.05, 0) is 61.0 Å². The molecule has 0 bridgehead atoms. The fourth-order valence-electron chi connectivity index (χ4n) is 1.83. The van der Waals surface area contributed by atoms with Crippen molar-refractivity contribution in [3.63, 3.8) is 0 Å². The molecule has 0 radical (unpaired) electrons. The lowest BCUT2D eigenvalue weighted by Crippen LogP contribution is -2.17. The number of halogens is 2. The average Bonchev–Trinajstić information content (AvgIpc) is 2.57. The third-order valence-corrected chi connectivity index (χ3v) is 2.91. The van der Waals surface area contributed by atoms with Crippen molar-refractivity contribution in [3.8, 4) is 11.5 Å². The van der Waals surface area contributed by atoms with Gasteiger partial charge >= 0.3 is 6.61 Å². The molecule has 0 fully saturated rings. The summed E-state index contributed by atoms with van der Waals surface area (Å²) in [7, 11) is 0. The fourth-order valence-corrected chi connectivity index (χ4v) is 1.83. The SMILES string of the molecule is CCOc1ccc(C(=O)N/N=C\c2ccc(OC(F)F)cc2)cc1. The second-order valence-electron chi connectivity index (χ2n) is 4.60. The molecule has 0 aliphatic rings. The van der Waals surface area contributed by atoms with Gasteiger partial charge in [-0.2, -0.15) is 13.9 Å². The first-order valence-corrected chi connectivity index (χ1v) is 7.19. The highest BCUT2D eigenvalue weighted by Crippen LogP contribution is 2.14. The fraction of sp³-hybridized carbons (Fsp3) is 0.176. The number of benzene rings is 2. The Balaban J connectivity index is 1.89. The first-order chi connectivity index (χ1) is 11.6. The van der Waals surface area contributed by atoms with E-state index in [2.05, 4.69) is 15.3 Å². The predicted octanol–water partition coefficient (Wildman–Crippen LogP) is 3.45. The number of hydrazone groups is 1. The third kappa shape index (κ3) is 5.35. The molecule has 7 heteroatoms. The van der Waals surface area contributed by atoms with Crippen LogP contribution in [0.2, 0.25) is 0 Å². The van der Waals surface area contributed by atoms with E-state index in [0.29, 0.717) is 23.5 Å². The van der Waals surface area contributed by atoms with Gasteiger partial charge in [-0.3, -0.25) is 4.79 Å². The van der Waals surface area contributed by atoms with Crippen molar-refractivity contribution in [2.45, 2.75) is 13.5 Å². The summed E-state index contributed by atoms with van der Waals surface area (Å²) in [6.45, 7) is -0.434. The number of alkyl halides is 2.